The second kappa shape index (κ2) is 6.34. The second-order valence-electron chi connectivity index (χ2n) is 5.21. The number of hydrogen-bond acceptors (Lipinski definition) is 3. The van der Waals surface area contributed by atoms with E-state index in [1.54, 1.807) is 0 Å². The third-order valence-electron chi connectivity index (χ3n) is 3.88. The molecule has 1 heterocycles. The average molecular weight is 306 g/mol. The van der Waals surface area contributed by atoms with Crippen LogP contribution in [0.2, 0.25) is 0 Å². The first-order valence-electron chi connectivity index (χ1n) is 7.20. The van der Waals surface area contributed by atoms with Gasteiger partial charge in [0.15, 0.2) is 0 Å². The number of aromatic nitrogens is 1. The van der Waals surface area contributed by atoms with Gasteiger partial charge in [0, 0.05) is 22.4 Å². The summed E-state index contributed by atoms with van der Waals surface area (Å²) in [6.45, 7) is 5.98. The van der Waals surface area contributed by atoms with Crippen LogP contribution in [0.4, 0.5) is 0 Å². The Labute approximate surface area is 135 Å². The van der Waals surface area contributed by atoms with Gasteiger partial charge in [-0.2, -0.15) is 0 Å². The van der Waals surface area contributed by atoms with E-state index < -0.39 is 0 Å². The monoisotopic (exact) mass is 306 g/mol. The Balaban J connectivity index is 2.28. The van der Waals surface area contributed by atoms with Crippen molar-refractivity contribution in [3.05, 3.63) is 72.4 Å². The molecule has 2 N–H and O–H groups in total. The highest BCUT2D eigenvalue weighted by Gasteiger charge is 2.14. The summed E-state index contributed by atoms with van der Waals surface area (Å²) in [4.78, 5) is 4.57. The van der Waals surface area contributed by atoms with Gasteiger partial charge in [0.25, 0.3) is 0 Å². The van der Waals surface area contributed by atoms with E-state index >= 15 is 0 Å². The average Bonchev–Trinajstić information content (AvgIpc) is 2.60. The van der Waals surface area contributed by atoms with Gasteiger partial charge in [-0.15, -0.1) is 0 Å². The number of nitrogens with zero attached hydrogens (tertiary/aromatic N) is 1. The maximum atomic E-state index is 5.83. The van der Waals surface area contributed by atoms with Crippen LogP contribution < -0.4 is 5.14 Å². The Morgan fingerprint density at radius 3 is 2.73 bits per heavy atom. The van der Waals surface area contributed by atoms with Crippen LogP contribution in [0, 0.1) is 0 Å². The molecule has 0 aliphatic rings. The first kappa shape index (κ1) is 14.8. The van der Waals surface area contributed by atoms with Gasteiger partial charge < -0.3 is 0 Å². The fourth-order valence-electron chi connectivity index (χ4n) is 2.68. The van der Waals surface area contributed by atoms with Crippen molar-refractivity contribution in [2.75, 3.05) is 0 Å². The number of rotatable bonds is 4. The molecule has 0 saturated heterocycles. The zero-order valence-corrected chi connectivity index (χ0v) is 13.3. The van der Waals surface area contributed by atoms with Gasteiger partial charge in [0.1, 0.15) is 0 Å². The highest BCUT2D eigenvalue weighted by molar-refractivity contribution is 7.97. The summed E-state index contributed by atoms with van der Waals surface area (Å²) in [5, 5.41) is 7.18. The van der Waals surface area contributed by atoms with Gasteiger partial charge in [-0.25, -0.2) is 0 Å². The zero-order valence-electron chi connectivity index (χ0n) is 12.5. The Hall–Kier alpha value is -2.10. The molecule has 2 nitrogen and oxygen atoms in total. The summed E-state index contributed by atoms with van der Waals surface area (Å²) in [5.41, 5.74) is 5.66. The standard InChI is InChI=1S/C19H18N2S/c1-3-14-9-10-16(18(12-14)13(2)22-20)17-8-4-6-15-7-5-11-21-19(15)17/h3-13H,1,20H2,2H3/t13-/m1/s1. The fourth-order valence-corrected chi connectivity index (χ4v) is 3.03. The van der Waals surface area contributed by atoms with Gasteiger partial charge in [0.05, 0.1) is 5.52 Å². The Morgan fingerprint density at radius 2 is 1.95 bits per heavy atom. The lowest BCUT2D eigenvalue weighted by Gasteiger charge is -2.16. The van der Waals surface area contributed by atoms with E-state index in [9.17, 15) is 0 Å². The molecule has 0 radical (unpaired) electrons. The van der Waals surface area contributed by atoms with Crippen LogP contribution >= 0.6 is 11.9 Å². The van der Waals surface area contributed by atoms with Crippen molar-refractivity contribution in [3.8, 4) is 11.1 Å². The number of fused-ring (bicyclic) bond motifs is 1. The number of benzene rings is 2. The molecule has 3 rings (SSSR count). The van der Waals surface area contributed by atoms with Gasteiger partial charge in [0.2, 0.25) is 0 Å². The molecule has 22 heavy (non-hydrogen) atoms. The van der Waals surface area contributed by atoms with Gasteiger partial charge in [-0.1, -0.05) is 61.0 Å². The summed E-state index contributed by atoms with van der Waals surface area (Å²) < 4.78 is 0. The molecule has 1 atom stereocenters. The number of para-hydroxylation sites is 1. The summed E-state index contributed by atoms with van der Waals surface area (Å²) in [5.74, 6) is 0. The predicted octanol–water partition coefficient (Wildman–Crippen LogP) is 5.21. The van der Waals surface area contributed by atoms with Crippen LogP contribution in [0.15, 0.2) is 61.3 Å². The van der Waals surface area contributed by atoms with Crippen LogP contribution in [0.3, 0.4) is 0 Å². The largest absolute Gasteiger partial charge is 0.277 e. The molecule has 0 saturated carbocycles. The Kier molecular flexibility index (Phi) is 4.27. The van der Waals surface area contributed by atoms with Crippen molar-refractivity contribution in [2.45, 2.75) is 12.2 Å². The molecule has 0 aliphatic heterocycles. The van der Waals surface area contributed by atoms with E-state index in [4.69, 9.17) is 5.14 Å². The highest BCUT2D eigenvalue weighted by Crippen LogP contribution is 2.36. The third kappa shape index (κ3) is 2.65. The van der Waals surface area contributed by atoms with E-state index in [0.29, 0.717) is 0 Å². The van der Waals surface area contributed by atoms with E-state index in [2.05, 4.69) is 61.0 Å². The lowest BCUT2D eigenvalue weighted by atomic mass is 9.94. The molecule has 0 spiro atoms. The van der Waals surface area contributed by atoms with Crippen LogP contribution in [-0.4, -0.2) is 4.98 Å². The van der Waals surface area contributed by atoms with Gasteiger partial charge in [-0.05, 0) is 35.7 Å². The van der Waals surface area contributed by atoms with E-state index in [1.165, 1.54) is 23.1 Å². The van der Waals surface area contributed by atoms with Crippen LogP contribution in [-0.2, 0) is 0 Å². The summed E-state index contributed by atoms with van der Waals surface area (Å²) >= 11 is 1.36. The topological polar surface area (TPSA) is 38.9 Å². The molecule has 110 valence electrons. The summed E-state index contributed by atoms with van der Waals surface area (Å²) in [6.07, 6.45) is 3.70. The molecular weight excluding hydrogens is 288 g/mol. The quantitative estimate of drug-likeness (QED) is 0.672. The van der Waals surface area contributed by atoms with Crippen molar-refractivity contribution in [1.82, 2.24) is 4.98 Å². The van der Waals surface area contributed by atoms with Crippen molar-refractivity contribution in [1.29, 1.82) is 0 Å². The molecular formula is C19H18N2S. The zero-order chi connectivity index (χ0) is 15.5. The van der Waals surface area contributed by atoms with Crippen LogP contribution in [0.1, 0.15) is 23.3 Å². The fraction of sp³-hybridized carbons (Fsp3) is 0.105. The molecule has 2 aromatic carbocycles. The molecule has 3 heteroatoms. The number of pyridine rings is 1. The minimum Gasteiger partial charge on any atom is -0.277 e. The van der Waals surface area contributed by atoms with Gasteiger partial charge >= 0.3 is 0 Å². The van der Waals surface area contributed by atoms with Crippen molar-refractivity contribution in [2.24, 2.45) is 5.14 Å². The smallest absolute Gasteiger partial charge is 0.0780 e. The number of nitrogens with two attached hydrogens (primary N) is 1. The third-order valence-corrected chi connectivity index (χ3v) is 4.54. The highest BCUT2D eigenvalue weighted by atomic mass is 32.2. The molecule has 1 aromatic heterocycles. The maximum Gasteiger partial charge on any atom is 0.0780 e. The molecule has 3 aromatic rings. The molecule has 0 unspecified atom stereocenters. The van der Waals surface area contributed by atoms with E-state index in [1.807, 2.05) is 18.3 Å². The molecule has 0 fully saturated rings. The van der Waals surface area contributed by atoms with E-state index in [-0.39, 0.29) is 5.25 Å². The van der Waals surface area contributed by atoms with Crippen molar-refractivity contribution < 1.29 is 0 Å². The normalized spacial score (nSPS) is 12.3. The molecule has 0 amide bonds. The first-order chi connectivity index (χ1) is 10.7. The summed E-state index contributed by atoms with van der Waals surface area (Å²) in [6, 6.07) is 16.7. The predicted molar refractivity (Wildman–Crippen MR) is 97.5 cm³/mol. The first-order valence-corrected chi connectivity index (χ1v) is 8.15. The maximum absolute atomic E-state index is 5.83. The summed E-state index contributed by atoms with van der Waals surface area (Å²) in [7, 11) is 0. The Morgan fingerprint density at radius 1 is 1.14 bits per heavy atom. The minimum absolute atomic E-state index is 0.203. The lowest BCUT2D eigenvalue weighted by molar-refractivity contribution is 1.10. The lowest BCUT2D eigenvalue weighted by Crippen LogP contribution is -1.97. The van der Waals surface area contributed by atoms with Crippen LogP contribution in [0.5, 0.6) is 0 Å². The number of hydrogen-bond donors (Lipinski definition) is 1. The van der Waals surface area contributed by atoms with Crippen molar-refractivity contribution >= 4 is 28.9 Å². The molecule has 0 aliphatic carbocycles. The molecule has 0 bridgehead atoms. The second-order valence-corrected chi connectivity index (χ2v) is 6.19. The van der Waals surface area contributed by atoms with Crippen LogP contribution in [0.25, 0.3) is 28.1 Å². The van der Waals surface area contributed by atoms with E-state index in [0.717, 1.165) is 22.0 Å². The Bertz CT molecular complexity index is 821. The minimum atomic E-state index is 0.203. The van der Waals surface area contributed by atoms with Crippen molar-refractivity contribution in [3.63, 3.8) is 0 Å². The SMILES string of the molecule is C=Cc1ccc(-c2cccc3cccnc23)c([C@@H](C)SN)c1. The van der Waals surface area contributed by atoms with Gasteiger partial charge in [-0.3, -0.25) is 10.1 Å².